The van der Waals surface area contributed by atoms with E-state index in [-0.39, 0.29) is 17.7 Å². The van der Waals surface area contributed by atoms with Crippen molar-refractivity contribution in [2.45, 2.75) is 0 Å². The highest BCUT2D eigenvalue weighted by atomic mass is 32.1. The van der Waals surface area contributed by atoms with Crippen LogP contribution in [0.2, 0.25) is 0 Å². The van der Waals surface area contributed by atoms with Crippen LogP contribution in [0, 0.1) is 17.8 Å². The van der Waals surface area contributed by atoms with Gasteiger partial charge in [0.1, 0.15) is 5.69 Å². The number of fused-ring (bicyclic) bond motifs is 1. The molecule has 0 spiro atoms. The quantitative estimate of drug-likeness (QED) is 0.434. The molecule has 0 aliphatic carbocycles. The minimum atomic E-state index is -0.587. The summed E-state index contributed by atoms with van der Waals surface area (Å²) in [5.74, 6) is -0.844. The van der Waals surface area contributed by atoms with Gasteiger partial charge in [-0.25, -0.2) is 24.1 Å². The Kier molecular flexibility index (Phi) is 5.36. The maximum Gasteiger partial charge on any atom is 0.317 e. The van der Waals surface area contributed by atoms with Gasteiger partial charge in [-0.15, -0.1) is 11.3 Å². The van der Waals surface area contributed by atoms with Crippen LogP contribution in [0.3, 0.4) is 0 Å². The maximum atomic E-state index is 14.6. The summed E-state index contributed by atoms with van der Waals surface area (Å²) in [7, 11) is 0. The van der Waals surface area contributed by atoms with Crippen molar-refractivity contribution in [1.29, 1.82) is 0 Å². The first-order valence-electron chi connectivity index (χ1n) is 9.94. The average molecular weight is 451 g/mol. The molecular formula is C22H17F2N6OS. The van der Waals surface area contributed by atoms with Crippen LogP contribution in [0.25, 0.3) is 31.8 Å². The van der Waals surface area contributed by atoms with Crippen LogP contribution in [0.4, 0.5) is 19.5 Å². The summed E-state index contributed by atoms with van der Waals surface area (Å²) >= 11 is 1.36. The van der Waals surface area contributed by atoms with Crippen molar-refractivity contribution in [2.75, 3.05) is 31.5 Å². The van der Waals surface area contributed by atoms with Gasteiger partial charge in [0.2, 0.25) is 11.9 Å². The molecular weight excluding hydrogens is 434 g/mol. The molecule has 4 heterocycles. The predicted molar refractivity (Wildman–Crippen MR) is 118 cm³/mol. The van der Waals surface area contributed by atoms with Gasteiger partial charge in [-0.2, -0.15) is 4.39 Å². The van der Waals surface area contributed by atoms with E-state index >= 15 is 0 Å². The second kappa shape index (κ2) is 8.46. The number of benzene rings is 1. The molecule has 1 radical (unpaired) electrons. The largest absolute Gasteiger partial charge is 0.352 e. The van der Waals surface area contributed by atoms with Crippen LogP contribution in [0.15, 0.2) is 42.7 Å². The van der Waals surface area contributed by atoms with Gasteiger partial charge in [-0.1, -0.05) is 18.2 Å². The van der Waals surface area contributed by atoms with E-state index in [4.69, 9.17) is 0 Å². The summed E-state index contributed by atoms with van der Waals surface area (Å²) in [5, 5.41) is 6.68. The Labute approximate surface area is 186 Å². The highest BCUT2D eigenvalue weighted by Crippen LogP contribution is 2.39. The number of rotatable bonds is 6. The highest BCUT2D eigenvalue weighted by Gasteiger charge is 2.19. The van der Waals surface area contributed by atoms with Gasteiger partial charge in [-0.3, -0.25) is 0 Å². The fraction of sp³-hybridized carbons (Fsp3) is 0.182. The summed E-state index contributed by atoms with van der Waals surface area (Å²) in [6.45, 7) is 2.22. The second-order valence-corrected chi connectivity index (χ2v) is 8.21. The molecule has 3 aromatic heterocycles. The molecule has 0 bridgehead atoms. The zero-order chi connectivity index (χ0) is 22.1. The first kappa shape index (κ1) is 20.3. The topological polar surface area (TPSA) is 83.0 Å². The van der Waals surface area contributed by atoms with Crippen molar-refractivity contribution in [1.82, 2.24) is 25.2 Å². The molecule has 1 aromatic carbocycles. The molecule has 2 N–H and O–H groups in total. The third-order valence-electron chi connectivity index (χ3n) is 5.09. The average Bonchev–Trinajstić information content (AvgIpc) is 3.40. The molecule has 0 unspecified atom stereocenters. The summed E-state index contributed by atoms with van der Waals surface area (Å²) in [6.07, 6.45) is 2.43. The Morgan fingerprint density at radius 2 is 2.16 bits per heavy atom. The van der Waals surface area contributed by atoms with Crippen molar-refractivity contribution in [2.24, 2.45) is 0 Å². The van der Waals surface area contributed by atoms with Crippen LogP contribution in [-0.2, 0) is 0 Å². The number of hydrogen-bond acceptors (Lipinski definition) is 6. The van der Waals surface area contributed by atoms with Crippen molar-refractivity contribution in [3.05, 3.63) is 60.6 Å². The van der Waals surface area contributed by atoms with Crippen LogP contribution in [0.5, 0.6) is 0 Å². The number of urea groups is 1. The number of hydrogen-bond donors (Lipinski definition) is 2. The number of anilines is 1. The molecule has 7 nitrogen and oxygen atoms in total. The number of amides is 2. The third-order valence-corrected chi connectivity index (χ3v) is 6.28. The molecule has 10 heteroatoms. The molecule has 1 aliphatic heterocycles. The molecule has 4 aromatic rings. The first-order chi connectivity index (χ1) is 15.6. The second-order valence-electron chi connectivity index (χ2n) is 7.15. The smallest absolute Gasteiger partial charge is 0.317 e. The number of nitrogens with one attached hydrogen (secondary N) is 2. The molecule has 1 aliphatic rings. The molecule has 2 amide bonds. The zero-order valence-corrected chi connectivity index (χ0v) is 17.5. The number of carbonyl (C=O) groups excluding carboxylic acids is 1. The summed E-state index contributed by atoms with van der Waals surface area (Å²) < 4.78 is 29.1. The lowest BCUT2D eigenvalue weighted by molar-refractivity contribution is 0.219. The van der Waals surface area contributed by atoms with Gasteiger partial charge >= 0.3 is 6.03 Å². The van der Waals surface area contributed by atoms with E-state index in [2.05, 4.69) is 31.7 Å². The molecule has 0 atom stereocenters. The lowest BCUT2D eigenvalue weighted by atomic mass is 10.1. The van der Waals surface area contributed by atoms with Gasteiger partial charge in [0.15, 0.2) is 5.82 Å². The minimum absolute atomic E-state index is 0.0973. The maximum absolute atomic E-state index is 14.6. The van der Waals surface area contributed by atoms with E-state index in [0.29, 0.717) is 36.6 Å². The highest BCUT2D eigenvalue weighted by molar-refractivity contribution is 7.22. The number of aromatic nitrogens is 3. The molecule has 1 saturated heterocycles. The monoisotopic (exact) mass is 451 g/mol. The Morgan fingerprint density at radius 1 is 1.25 bits per heavy atom. The fourth-order valence-electron chi connectivity index (χ4n) is 3.56. The van der Waals surface area contributed by atoms with Crippen molar-refractivity contribution in [3.8, 4) is 21.7 Å². The molecule has 1 fully saturated rings. The Bertz CT molecular complexity index is 1310. The number of carbonyl (C=O) groups is 1. The van der Waals surface area contributed by atoms with E-state index in [0.717, 1.165) is 21.8 Å². The molecule has 32 heavy (non-hydrogen) atoms. The van der Waals surface area contributed by atoms with Gasteiger partial charge in [0, 0.05) is 54.8 Å². The van der Waals surface area contributed by atoms with Crippen molar-refractivity contribution >= 4 is 33.4 Å². The van der Waals surface area contributed by atoms with Crippen molar-refractivity contribution in [3.63, 3.8) is 0 Å². The SMILES string of the molecule is O=C1NCCN1CCNc1ncc(F)c(-c2cc3cccc(-c4[c]cnc(F)c4)c3s2)n1. The zero-order valence-electron chi connectivity index (χ0n) is 16.7. The lowest BCUT2D eigenvalue weighted by Crippen LogP contribution is -2.32. The van der Waals surface area contributed by atoms with Crippen LogP contribution < -0.4 is 10.6 Å². The Morgan fingerprint density at radius 3 is 2.97 bits per heavy atom. The van der Waals surface area contributed by atoms with Crippen LogP contribution >= 0.6 is 11.3 Å². The van der Waals surface area contributed by atoms with Gasteiger partial charge in [0.05, 0.1) is 11.1 Å². The summed E-state index contributed by atoms with van der Waals surface area (Å²) in [6, 6.07) is 11.7. The third kappa shape index (κ3) is 3.96. The summed E-state index contributed by atoms with van der Waals surface area (Å²) in [5.41, 5.74) is 1.54. The molecule has 0 saturated carbocycles. The molecule has 161 valence electrons. The number of nitrogens with zero attached hydrogens (tertiary/aromatic N) is 4. The number of pyridine rings is 1. The Balaban J connectivity index is 1.43. The van der Waals surface area contributed by atoms with Crippen molar-refractivity contribution < 1.29 is 13.6 Å². The number of thiophene rings is 1. The van der Waals surface area contributed by atoms with Crippen LogP contribution in [-0.4, -0.2) is 52.1 Å². The Hall–Kier alpha value is -3.66. The van der Waals surface area contributed by atoms with Gasteiger partial charge in [0.25, 0.3) is 0 Å². The first-order valence-corrected chi connectivity index (χ1v) is 10.8. The normalized spacial score (nSPS) is 13.6. The van der Waals surface area contributed by atoms with E-state index in [1.54, 1.807) is 4.90 Å². The van der Waals surface area contributed by atoms with Gasteiger partial charge in [-0.05, 0) is 17.0 Å². The van der Waals surface area contributed by atoms with E-state index < -0.39 is 11.8 Å². The fourth-order valence-corrected chi connectivity index (χ4v) is 4.74. The van der Waals surface area contributed by atoms with E-state index in [1.807, 2.05) is 24.3 Å². The number of halogens is 2. The van der Waals surface area contributed by atoms with Crippen LogP contribution in [0.1, 0.15) is 0 Å². The molecule has 5 rings (SSSR count). The predicted octanol–water partition coefficient (Wildman–Crippen LogP) is 3.94. The van der Waals surface area contributed by atoms with Gasteiger partial charge < -0.3 is 15.5 Å². The summed E-state index contributed by atoms with van der Waals surface area (Å²) in [4.78, 5) is 25.8. The standard InChI is InChI=1S/C22H17F2N6OS/c23-16-12-28-21(26-6-8-30-9-7-27-22(30)31)29-19(16)17-10-14-2-1-3-15(20(14)32-17)13-4-5-25-18(24)11-13/h1-3,5,10-12H,6-9H2,(H,27,31)(H,26,28,29). The minimum Gasteiger partial charge on any atom is -0.352 e. The van der Waals surface area contributed by atoms with E-state index in [1.165, 1.54) is 23.6 Å². The van der Waals surface area contributed by atoms with E-state index in [9.17, 15) is 13.6 Å². The lowest BCUT2D eigenvalue weighted by Gasteiger charge is -2.14.